The van der Waals surface area contributed by atoms with Crippen LogP contribution in [-0.2, 0) is 10.8 Å². The predicted molar refractivity (Wildman–Crippen MR) is 223 cm³/mol. The van der Waals surface area contributed by atoms with Crippen LogP contribution in [0.3, 0.4) is 0 Å². The lowest BCUT2D eigenvalue weighted by molar-refractivity contribution is -0.00718. The van der Waals surface area contributed by atoms with E-state index >= 15 is 0 Å². The first-order valence-electron chi connectivity index (χ1n) is 20.1. The maximum Gasteiger partial charge on any atom is 0.160 e. The van der Waals surface area contributed by atoms with E-state index in [4.69, 9.17) is 14.7 Å². The van der Waals surface area contributed by atoms with Crippen molar-refractivity contribution in [1.29, 1.82) is 0 Å². The summed E-state index contributed by atoms with van der Waals surface area (Å²) in [6, 6.07) is 51.4. The van der Waals surface area contributed by atoms with Crippen LogP contribution in [0.1, 0.15) is 66.5 Å². The molecule has 0 amide bonds. The van der Waals surface area contributed by atoms with Gasteiger partial charge in [-0.3, -0.25) is 0 Å². The highest BCUT2D eigenvalue weighted by Crippen LogP contribution is 2.63. The molecule has 0 atom stereocenters. The average molecular weight is 727 g/mol. The largest absolute Gasteiger partial charge is 0.457 e. The van der Waals surface area contributed by atoms with Crippen molar-refractivity contribution in [1.82, 2.24) is 9.97 Å². The monoisotopic (exact) mass is 726 g/mol. The van der Waals surface area contributed by atoms with Gasteiger partial charge in [0.1, 0.15) is 11.5 Å². The van der Waals surface area contributed by atoms with Crippen LogP contribution in [0, 0.1) is 17.8 Å². The third-order valence-electron chi connectivity index (χ3n) is 14.1. The van der Waals surface area contributed by atoms with E-state index in [-0.39, 0.29) is 5.41 Å². The normalized spacial score (nSPS) is 23.4. The molecule has 0 saturated heterocycles. The molecule has 4 fully saturated rings. The van der Waals surface area contributed by atoms with Crippen molar-refractivity contribution in [2.75, 3.05) is 0 Å². The third kappa shape index (κ3) is 4.21. The second-order valence-electron chi connectivity index (χ2n) is 17.1. The number of hydrogen-bond donors (Lipinski definition) is 0. The summed E-state index contributed by atoms with van der Waals surface area (Å²) >= 11 is 1.87. The predicted octanol–water partition coefficient (Wildman–Crippen LogP) is 13.1. The zero-order chi connectivity index (χ0) is 35.9. The second-order valence-corrected chi connectivity index (χ2v) is 18.2. The molecule has 8 aromatic rings. The molecule has 4 saturated carbocycles. The molecule has 3 nitrogen and oxygen atoms in total. The van der Waals surface area contributed by atoms with Crippen LogP contribution in [0.4, 0.5) is 0 Å². The molecule has 3 heterocycles. The summed E-state index contributed by atoms with van der Waals surface area (Å²) in [5.41, 5.74) is 11.6. The molecule has 6 aliphatic rings. The molecule has 1 aliphatic heterocycles. The van der Waals surface area contributed by atoms with Crippen LogP contribution in [0.2, 0.25) is 0 Å². The Balaban J connectivity index is 1.05. The molecule has 55 heavy (non-hydrogen) atoms. The fourth-order valence-corrected chi connectivity index (χ4v) is 13.4. The Morgan fingerprint density at radius 3 is 1.89 bits per heavy atom. The molecular weight excluding hydrogens is 689 g/mol. The van der Waals surface area contributed by atoms with E-state index in [1.807, 2.05) is 11.3 Å². The topological polar surface area (TPSA) is 35.0 Å². The first kappa shape index (κ1) is 30.7. The molecule has 2 aromatic heterocycles. The minimum Gasteiger partial charge on any atom is -0.457 e. The van der Waals surface area contributed by atoms with Gasteiger partial charge in [0, 0.05) is 47.8 Å². The van der Waals surface area contributed by atoms with Crippen molar-refractivity contribution < 1.29 is 4.74 Å². The molecule has 0 radical (unpaired) electrons. The second kappa shape index (κ2) is 11.0. The van der Waals surface area contributed by atoms with E-state index in [0.717, 1.165) is 46.3 Å². The van der Waals surface area contributed by atoms with Crippen LogP contribution < -0.4 is 4.74 Å². The van der Waals surface area contributed by atoms with Gasteiger partial charge in [-0.15, -0.1) is 11.3 Å². The van der Waals surface area contributed by atoms with Crippen molar-refractivity contribution in [3.63, 3.8) is 0 Å². The van der Waals surface area contributed by atoms with Gasteiger partial charge in [0.05, 0.1) is 16.8 Å². The van der Waals surface area contributed by atoms with Gasteiger partial charge < -0.3 is 4.74 Å². The lowest BCUT2D eigenvalue weighted by Gasteiger charge is -2.56. The number of ether oxygens (including phenoxy) is 1. The molecule has 1 spiro atoms. The molecule has 14 rings (SSSR count). The summed E-state index contributed by atoms with van der Waals surface area (Å²) in [6.45, 7) is 0. The van der Waals surface area contributed by atoms with Gasteiger partial charge in [0.15, 0.2) is 5.82 Å². The number of hydrogen-bond acceptors (Lipinski definition) is 4. The number of nitrogens with zero attached hydrogens (tertiary/aromatic N) is 2. The molecule has 0 unspecified atom stereocenters. The van der Waals surface area contributed by atoms with E-state index in [9.17, 15) is 0 Å². The van der Waals surface area contributed by atoms with Gasteiger partial charge in [0.25, 0.3) is 0 Å². The van der Waals surface area contributed by atoms with Gasteiger partial charge >= 0.3 is 0 Å². The molecule has 5 aliphatic carbocycles. The van der Waals surface area contributed by atoms with E-state index in [1.54, 1.807) is 0 Å². The van der Waals surface area contributed by atoms with E-state index < -0.39 is 5.41 Å². The Morgan fingerprint density at radius 1 is 0.509 bits per heavy atom. The Bertz CT molecular complexity index is 2840. The number of fused-ring (bicyclic) bond motifs is 12. The fourth-order valence-electron chi connectivity index (χ4n) is 12.3. The zero-order valence-electron chi connectivity index (χ0n) is 30.5. The van der Waals surface area contributed by atoms with Gasteiger partial charge in [0.2, 0.25) is 0 Å². The van der Waals surface area contributed by atoms with Crippen LogP contribution in [0.25, 0.3) is 53.9 Å². The van der Waals surface area contributed by atoms with Gasteiger partial charge in [-0.1, -0.05) is 97.1 Å². The number of benzene rings is 6. The van der Waals surface area contributed by atoms with Gasteiger partial charge in [-0.05, 0) is 121 Å². The fraction of sp³-hybridized carbons (Fsp3) is 0.216. The van der Waals surface area contributed by atoms with Crippen molar-refractivity contribution >= 4 is 31.5 Å². The highest BCUT2D eigenvalue weighted by Gasteiger charge is 2.53. The van der Waals surface area contributed by atoms with Crippen LogP contribution in [0.15, 0.2) is 140 Å². The zero-order valence-corrected chi connectivity index (χ0v) is 31.3. The van der Waals surface area contributed by atoms with E-state index in [0.29, 0.717) is 0 Å². The number of para-hydroxylation sites is 2. The lowest BCUT2D eigenvalue weighted by atomic mass is 9.48. The van der Waals surface area contributed by atoms with Crippen molar-refractivity contribution in [2.24, 2.45) is 17.8 Å². The summed E-state index contributed by atoms with van der Waals surface area (Å²) in [6.07, 6.45) is 8.02. The van der Waals surface area contributed by atoms with E-state index in [1.165, 1.54) is 103 Å². The summed E-state index contributed by atoms with van der Waals surface area (Å²) in [7, 11) is 0. The smallest absolute Gasteiger partial charge is 0.160 e. The Labute approximate surface area is 324 Å². The van der Waals surface area contributed by atoms with Gasteiger partial charge in [-0.2, -0.15) is 0 Å². The molecule has 264 valence electrons. The Morgan fingerprint density at radius 2 is 1.13 bits per heavy atom. The number of rotatable bonds is 3. The Kier molecular flexibility index (Phi) is 6.15. The summed E-state index contributed by atoms with van der Waals surface area (Å²) in [5.74, 6) is 5.14. The standard InChI is InChI=1S/C51H38N2OS/c1-3-11-39-35(9-1)36-19-17-34(25-42(36)51(39)40-12-4-6-14-44(40)54-45-15-7-5-13-41(45)51)49-52-43(33-18-20-47-38(24-33)37-10-2-8-16-46(37)55-47)26-48(53-49)50-27-30-21-31(28-50)23-32(22-30)29-50/h1-20,24-26,30-32H,21-23,27-29H2. The summed E-state index contributed by atoms with van der Waals surface area (Å²) in [5, 5.41) is 2.63. The molecular formula is C51H38N2OS. The van der Waals surface area contributed by atoms with Crippen molar-refractivity contribution in [3.05, 3.63) is 167 Å². The molecule has 6 aromatic carbocycles. The molecule has 4 bridgehead atoms. The lowest BCUT2D eigenvalue weighted by Crippen LogP contribution is -2.49. The first-order valence-corrected chi connectivity index (χ1v) is 20.9. The first-order chi connectivity index (χ1) is 27.1. The van der Waals surface area contributed by atoms with Crippen molar-refractivity contribution in [2.45, 2.75) is 49.4 Å². The SMILES string of the molecule is c1ccc2c(c1)Oc1ccccc1C21c2ccccc2-c2ccc(-c3nc(-c4ccc5sc6ccccc6c5c4)cc(C45CC6CC(CC(C6)C4)C5)n3)cc21. The highest BCUT2D eigenvalue weighted by molar-refractivity contribution is 7.25. The number of aromatic nitrogens is 2. The van der Waals surface area contributed by atoms with Crippen LogP contribution in [0.5, 0.6) is 11.5 Å². The highest BCUT2D eigenvalue weighted by atomic mass is 32.1. The van der Waals surface area contributed by atoms with E-state index in [2.05, 4.69) is 140 Å². The maximum atomic E-state index is 6.63. The molecule has 4 heteroatoms. The minimum absolute atomic E-state index is 0.132. The van der Waals surface area contributed by atoms with Crippen LogP contribution in [-0.4, -0.2) is 9.97 Å². The number of thiophene rings is 1. The summed E-state index contributed by atoms with van der Waals surface area (Å²) in [4.78, 5) is 11.2. The van der Waals surface area contributed by atoms with Gasteiger partial charge in [-0.25, -0.2) is 9.97 Å². The quantitative estimate of drug-likeness (QED) is 0.182. The third-order valence-corrected chi connectivity index (χ3v) is 15.2. The summed E-state index contributed by atoms with van der Waals surface area (Å²) < 4.78 is 9.28. The van der Waals surface area contributed by atoms with Crippen molar-refractivity contribution in [3.8, 4) is 45.3 Å². The minimum atomic E-state index is -0.529. The average Bonchev–Trinajstić information content (AvgIpc) is 3.74. The Hall–Kier alpha value is -5.58. The maximum absolute atomic E-state index is 6.63. The van der Waals surface area contributed by atoms with Crippen LogP contribution >= 0.6 is 11.3 Å². The molecule has 0 N–H and O–H groups in total.